The maximum atomic E-state index is 3.70. The van der Waals surface area contributed by atoms with Gasteiger partial charge in [0, 0.05) is 30.9 Å². The topological polar surface area (TPSA) is 15.3 Å². The van der Waals surface area contributed by atoms with E-state index in [9.17, 15) is 0 Å². The molecule has 1 saturated heterocycles. The predicted molar refractivity (Wildman–Crippen MR) is 88.6 cm³/mol. The lowest BCUT2D eigenvalue weighted by molar-refractivity contribution is 0.239. The lowest BCUT2D eigenvalue weighted by Crippen LogP contribution is -2.59. The van der Waals surface area contributed by atoms with E-state index in [0.29, 0.717) is 23.4 Å². The number of hydrogen-bond donors (Lipinski definition) is 1. The molecule has 20 heavy (non-hydrogen) atoms. The van der Waals surface area contributed by atoms with Crippen molar-refractivity contribution < 1.29 is 0 Å². The summed E-state index contributed by atoms with van der Waals surface area (Å²) >= 11 is 0. The highest BCUT2D eigenvalue weighted by Gasteiger charge is 2.32. The fourth-order valence-corrected chi connectivity index (χ4v) is 2.87. The lowest BCUT2D eigenvalue weighted by atomic mass is 9.84. The van der Waals surface area contributed by atoms with Gasteiger partial charge in [0.05, 0.1) is 0 Å². The molecule has 1 N–H and O–H groups in total. The Morgan fingerprint density at radius 2 is 1.95 bits per heavy atom. The summed E-state index contributed by atoms with van der Waals surface area (Å²) in [5.41, 5.74) is 3.11. The first-order valence-corrected chi connectivity index (χ1v) is 7.89. The number of hydrogen-bond acceptors (Lipinski definition) is 2. The molecule has 1 heterocycles. The largest absolute Gasteiger partial charge is 0.366 e. The maximum absolute atomic E-state index is 3.70. The number of nitrogens with zero attached hydrogens (tertiary/aromatic N) is 1. The molecule has 0 spiro atoms. The highest BCUT2D eigenvalue weighted by molar-refractivity contribution is 5.51. The van der Waals surface area contributed by atoms with Crippen molar-refractivity contribution in [2.24, 2.45) is 5.41 Å². The van der Waals surface area contributed by atoms with Gasteiger partial charge in [-0.25, -0.2) is 0 Å². The number of nitrogens with one attached hydrogen (secondary N) is 1. The maximum Gasteiger partial charge on any atom is 0.0387 e. The van der Waals surface area contributed by atoms with Crippen LogP contribution in [0.4, 0.5) is 5.69 Å². The first-order chi connectivity index (χ1) is 9.29. The van der Waals surface area contributed by atoms with Gasteiger partial charge in [0.2, 0.25) is 0 Å². The van der Waals surface area contributed by atoms with E-state index in [1.807, 2.05) is 0 Å². The minimum Gasteiger partial charge on any atom is -0.366 e. The van der Waals surface area contributed by atoms with E-state index in [-0.39, 0.29) is 0 Å². The van der Waals surface area contributed by atoms with Crippen LogP contribution in [-0.2, 0) is 0 Å². The molecule has 2 unspecified atom stereocenters. The van der Waals surface area contributed by atoms with Gasteiger partial charge in [0.25, 0.3) is 0 Å². The van der Waals surface area contributed by atoms with Gasteiger partial charge in [-0.3, -0.25) is 0 Å². The zero-order valence-corrected chi connectivity index (χ0v) is 13.9. The Hall–Kier alpha value is -1.02. The third-order valence-corrected chi connectivity index (χ3v) is 4.48. The molecule has 2 heteroatoms. The van der Waals surface area contributed by atoms with Crippen LogP contribution in [-0.4, -0.2) is 25.2 Å². The molecular weight excluding hydrogens is 244 g/mol. The zero-order chi connectivity index (χ0) is 14.9. The van der Waals surface area contributed by atoms with Crippen LogP contribution < -0.4 is 10.2 Å². The zero-order valence-electron chi connectivity index (χ0n) is 13.9. The van der Waals surface area contributed by atoms with Crippen LogP contribution in [0.3, 0.4) is 0 Å². The fraction of sp³-hybridized carbons (Fsp3) is 0.667. The summed E-state index contributed by atoms with van der Waals surface area (Å²) in [7, 11) is 0. The number of benzene rings is 1. The Kier molecular flexibility index (Phi) is 4.43. The highest BCUT2D eigenvalue weighted by atomic mass is 15.2. The molecule has 0 saturated carbocycles. The van der Waals surface area contributed by atoms with E-state index >= 15 is 0 Å². The summed E-state index contributed by atoms with van der Waals surface area (Å²) in [5.74, 6) is 0.589. The SMILES string of the molecule is CC(C)c1cccc(N2CC(C(C)(C)C)NCC2C)c1. The molecule has 2 nitrogen and oxygen atoms in total. The average Bonchev–Trinajstić information content (AvgIpc) is 2.38. The summed E-state index contributed by atoms with van der Waals surface area (Å²) in [5, 5.41) is 3.70. The van der Waals surface area contributed by atoms with Crippen LogP contribution in [0.2, 0.25) is 0 Å². The summed E-state index contributed by atoms with van der Waals surface area (Å²) in [4.78, 5) is 2.57. The second-order valence-electron chi connectivity index (χ2n) is 7.58. The molecule has 0 aromatic heterocycles. The second-order valence-corrected chi connectivity index (χ2v) is 7.58. The molecule has 2 rings (SSSR count). The van der Waals surface area contributed by atoms with Gasteiger partial charge in [0.15, 0.2) is 0 Å². The van der Waals surface area contributed by atoms with E-state index in [1.54, 1.807) is 0 Å². The molecule has 1 aromatic carbocycles. The normalized spacial score (nSPS) is 24.2. The Bertz CT molecular complexity index is 445. The monoisotopic (exact) mass is 274 g/mol. The summed E-state index contributed by atoms with van der Waals surface area (Å²) in [6.45, 7) is 16.0. The van der Waals surface area contributed by atoms with E-state index in [2.05, 4.69) is 76.0 Å². The quantitative estimate of drug-likeness (QED) is 0.876. The molecule has 1 aromatic rings. The first kappa shape index (κ1) is 15.4. The van der Waals surface area contributed by atoms with Crippen molar-refractivity contribution in [3.05, 3.63) is 29.8 Å². The van der Waals surface area contributed by atoms with Crippen molar-refractivity contribution in [3.8, 4) is 0 Å². The van der Waals surface area contributed by atoms with E-state index < -0.39 is 0 Å². The minimum atomic E-state index is 0.300. The summed E-state index contributed by atoms with van der Waals surface area (Å²) in [6, 6.07) is 10.2. The van der Waals surface area contributed by atoms with Crippen LogP contribution in [0.1, 0.15) is 53.0 Å². The van der Waals surface area contributed by atoms with Crippen LogP contribution in [0.15, 0.2) is 24.3 Å². The molecule has 0 bridgehead atoms. The van der Waals surface area contributed by atoms with Crippen LogP contribution >= 0.6 is 0 Å². The van der Waals surface area contributed by atoms with Gasteiger partial charge in [-0.2, -0.15) is 0 Å². The molecule has 1 fully saturated rings. The van der Waals surface area contributed by atoms with Crippen molar-refractivity contribution in [2.45, 2.75) is 59.5 Å². The first-order valence-electron chi connectivity index (χ1n) is 7.89. The third kappa shape index (κ3) is 3.35. The van der Waals surface area contributed by atoms with E-state index in [0.717, 1.165) is 13.1 Å². The number of piperazine rings is 1. The molecule has 2 atom stereocenters. The fourth-order valence-electron chi connectivity index (χ4n) is 2.87. The molecule has 0 amide bonds. The highest BCUT2D eigenvalue weighted by Crippen LogP contribution is 2.28. The summed E-state index contributed by atoms with van der Waals surface area (Å²) in [6.07, 6.45) is 0. The number of anilines is 1. The van der Waals surface area contributed by atoms with Gasteiger partial charge in [-0.15, -0.1) is 0 Å². The molecule has 1 aliphatic heterocycles. The Morgan fingerprint density at radius 1 is 1.25 bits per heavy atom. The van der Waals surface area contributed by atoms with Crippen molar-refractivity contribution in [1.29, 1.82) is 0 Å². The smallest absolute Gasteiger partial charge is 0.0387 e. The molecule has 0 radical (unpaired) electrons. The van der Waals surface area contributed by atoms with Crippen LogP contribution in [0.5, 0.6) is 0 Å². The van der Waals surface area contributed by atoms with Crippen molar-refractivity contribution in [2.75, 3.05) is 18.0 Å². The second kappa shape index (κ2) is 5.77. The van der Waals surface area contributed by atoms with Crippen molar-refractivity contribution in [3.63, 3.8) is 0 Å². The summed E-state index contributed by atoms with van der Waals surface area (Å²) < 4.78 is 0. The van der Waals surface area contributed by atoms with Gasteiger partial charge in [-0.1, -0.05) is 46.8 Å². The third-order valence-electron chi connectivity index (χ3n) is 4.48. The van der Waals surface area contributed by atoms with Gasteiger partial charge < -0.3 is 10.2 Å². The van der Waals surface area contributed by atoms with Crippen LogP contribution in [0, 0.1) is 5.41 Å². The molecule has 112 valence electrons. The van der Waals surface area contributed by atoms with Gasteiger partial charge >= 0.3 is 0 Å². The molecule has 1 aliphatic rings. The van der Waals surface area contributed by atoms with Gasteiger partial charge in [-0.05, 0) is 36.0 Å². The van der Waals surface area contributed by atoms with Crippen LogP contribution in [0.25, 0.3) is 0 Å². The predicted octanol–water partition coefficient (Wildman–Crippen LogP) is 4.02. The Labute approximate surface area is 124 Å². The van der Waals surface area contributed by atoms with Crippen molar-refractivity contribution >= 4 is 5.69 Å². The van der Waals surface area contributed by atoms with E-state index in [4.69, 9.17) is 0 Å². The minimum absolute atomic E-state index is 0.300. The number of rotatable bonds is 2. The Balaban J connectivity index is 2.23. The molecule has 0 aliphatic carbocycles. The van der Waals surface area contributed by atoms with E-state index in [1.165, 1.54) is 11.3 Å². The van der Waals surface area contributed by atoms with Crippen molar-refractivity contribution in [1.82, 2.24) is 5.32 Å². The average molecular weight is 274 g/mol. The Morgan fingerprint density at radius 3 is 2.55 bits per heavy atom. The lowest BCUT2D eigenvalue weighted by Gasteiger charge is -2.45. The molecular formula is C18H30N2. The standard InChI is InChI=1S/C18H30N2/c1-13(2)15-8-7-9-16(10-15)20-12-17(18(4,5)6)19-11-14(20)3/h7-10,13-14,17,19H,11-12H2,1-6H3. The van der Waals surface area contributed by atoms with Gasteiger partial charge in [0.1, 0.15) is 0 Å².